The first-order chi connectivity index (χ1) is 9.20. The molecular weight excluding hydrogens is 236 g/mol. The van der Waals surface area contributed by atoms with E-state index < -0.39 is 0 Å². The van der Waals surface area contributed by atoms with Gasteiger partial charge in [0.15, 0.2) is 0 Å². The largest absolute Gasteiger partial charge is 0.393 e. The molecule has 0 aliphatic carbocycles. The van der Waals surface area contributed by atoms with E-state index in [1.807, 2.05) is 13.8 Å². The van der Waals surface area contributed by atoms with E-state index in [1.54, 1.807) is 0 Å². The first-order valence-electron chi connectivity index (χ1n) is 8.56. The summed E-state index contributed by atoms with van der Waals surface area (Å²) in [6.45, 7) is 4.09. The van der Waals surface area contributed by atoms with Gasteiger partial charge in [0, 0.05) is 0 Å². The minimum Gasteiger partial charge on any atom is -0.393 e. The molecule has 2 nitrogen and oxygen atoms in total. The van der Waals surface area contributed by atoms with Crippen LogP contribution < -0.4 is 0 Å². The van der Waals surface area contributed by atoms with Gasteiger partial charge < -0.3 is 10.2 Å². The molecule has 116 valence electrons. The quantitative estimate of drug-likeness (QED) is 0.445. The molecule has 0 bridgehead atoms. The van der Waals surface area contributed by atoms with Crippen molar-refractivity contribution in [1.82, 2.24) is 0 Å². The van der Waals surface area contributed by atoms with Crippen molar-refractivity contribution >= 4 is 0 Å². The van der Waals surface area contributed by atoms with Crippen molar-refractivity contribution in [2.45, 2.75) is 110 Å². The van der Waals surface area contributed by atoms with Crippen molar-refractivity contribution in [3.8, 4) is 0 Å². The standard InChI is InChI=1S/C17H36O2/c1-3-16(18)14-12-10-8-6-5-7-9-11-13-15-17(19)4-2/h16-19H,3-15H2,1-2H3/t16-,17-/m0/s1. The fourth-order valence-corrected chi connectivity index (χ4v) is 2.41. The molecule has 0 aliphatic rings. The normalized spacial score (nSPS) is 14.5. The Morgan fingerprint density at radius 3 is 1.05 bits per heavy atom. The Morgan fingerprint density at radius 1 is 0.526 bits per heavy atom. The number of aliphatic hydroxyl groups is 2. The van der Waals surface area contributed by atoms with E-state index in [0.717, 1.165) is 25.7 Å². The Hall–Kier alpha value is -0.0800. The van der Waals surface area contributed by atoms with Crippen molar-refractivity contribution in [3.63, 3.8) is 0 Å². The molecule has 0 fully saturated rings. The highest BCUT2D eigenvalue weighted by Gasteiger charge is 2.00. The van der Waals surface area contributed by atoms with Gasteiger partial charge in [0.05, 0.1) is 12.2 Å². The highest BCUT2D eigenvalue weighted by Crippen LogP contribution is 2.13. The fourth-order valence-electron chi connectivity index (χ4n) is 2.41. The topological polar surface area (TPSA) is 40.5 Å². The lowest BCUT2D eigenvalue weighted by Crippen LogP contribution is -2.03. The number of unbranched alkanes of at least 4 members (excludes halogenated alkanes) is 8. The molecule has 0 saturated heterocycles. The van der Waals surface area contributed by atoms with Gasteiger partial charge in [0.25, 0.3) is 0 Å². The Morgan fingerprint density at radius 2 is 0.789 bits per heavy atom. The predicted octanol–water partition coefficient (Wildman–Crippen LogP) is 4.82. The second-order valence-corrected chi connectivity index (χ2v) is 5.88. The smallest absolute Gasteiger partial charge is 0.0537 e. The zero-order chi connectivity index (χ0) is 14.3. The van der Waals surface area contributed by atoms with Crippen LogP contribution in [0.2, 0.25) is 0 Å². The van der Waals surface area contributed by atoms with E-state index in [1.165, 1.54) is 57.8 Å². The minimum atomic E-state index is -0.0709. The summed E-state index contributed by atoms with van der Waals surface area (Å²) in [4.78, 5) is 0. The van der Waals surface area contributed by atoms with Crippen molar-refractivity contribution < 1.29 is 10.2 Å². The third-order valence-corrected chi connectivity index (χ3v) is 4.02. The molecule has 0 saturated carbocycles. The van der Waals surface area contributed by atoms with Crippen LogP contribution in [-0.4, -0.2) is 22.4 Å². The molecule has 0 radical (unpaired) electrons. The van der Waals surface area contributed by atoms with Crippen molar-refractivity contribution in [1.29, 1.82) is 0 Å². The lowest BCUT2D eigenvalue weighted by Gasteiger charge is -2.07. The van der Waals surface area contributed by atoms with E-state index in [2.05, 4.69) is 0 Å². The Bertz CT molecular complexity index is 153. The maximum absolute atomic E-state index is 9.42. The van der Waals surface area contributed by atoms with Crippen molar-refractivity contribution in [3.05, 3.63) is 0 Å². The molecule has 19 heavy (non-hydrogen) atoms. The van der Waals surface area contributed by atoms with Crippen molar-refractivity contribution in [2.24, 2.45) is 0 Å². The van der Waals surface area contributed by atoms with Crippen LogP contribution in [0.3, 0.4) is 0 Å². The van der Waals surface area contributed by atoms with Crippen LogP contribution in [0, 0.1) is 0 Å². The van der Waals surface area contributed by atoms with E-state index in [-0.39, 0.29) is 12.2 Å². The van der Waals surface area contributed by atoms with Gasteiger partial charge in [-0.3, -0.25) is 0 Å². The summed E-state index contributed by atoms with van der Waals surface area (Å²) in [5.41, 5.74) is 0. The SMILES string of the molecule is CC[C@H](O)CCCCCCCCCCC[C@@H](O)CC. The Kier molecular flexibility index (Phi) is 14.3. The maximum atomic E-state index is 9.42. The van der Waals surface area contributed by atoms with Crippen LogP contribution in [-0.2, 0) is 0 Å². The van der Waals surface area contributed by atoms with Gasteiger partial charge in [0.2, 0.25) is 0 Å². The van der Waals surface area contributed by atoms with Gasteiger partial charge in [-0.05, 0) is 25.7 Å². The van der Waals surface area contributed by atoms with Gasteiger partial charge in [-0.2, -0.15) is 0 Å². The lowest BCUT2D eigenvalue weighted by atomic mass is 10.0. The average molecular weight is 272 g/mol. The molecule has 0 amide bonds. The molecule has 0 rings (SSSR count). The molecule has 2 atom stereocenters. The molecule has 0 aromatic rings. The van der Waals surface area contributed by atoms with Crippen LogP contribution in [0.4, 0.5) is 0 Å². The lowest BCUT2D eigenvalue weighted by molar-refractivity contribution is 0.156. The second kappa shape index (κ2) is 14.3. The van der Waals surface area contributed by atoms with Gasteiger partial charge in [-0.25, -0.2) is 0 Å². The molecule has 2 heteroatoms. The maximum Gasteiger partial charge on any atom is 0.0537 e. The second-order valence-electron chi connectivity index (χ2n) is 5.88. The molecule has 2 N–H and O–H groups in total. The van der Waals surface area contributed by atoms with Crippen LogP contribution in [0.25, 0.3) is 0 Å². The summed E-state index contributed by atoms with van der Waals surface area (Å²) < 4.78 is 0. The van der Waals surface area contributed by atoms with E-state index in [0.29, 0.717) is 0 Å². The zero-order valence-corrected chi connectivity index (χ0v) is 13.2. The third-order valence-electron chi connectivity index (χ3n) is 4.02. The summed E-state index contributed by atoms with van der Waals surface area (Å²) >= 11 is 0. The van der Waals surface area contributed by atoms with Crippen LogP contribution in [0.1, 0.15) is 97.3 Å². The monoisotopic (exact) mass is 272 g/mol. The summed E-state index contributed by atoms with van der Waals surface area (Å²) in [5.74, 6) is 0. The van der Waals surface area contributed by atoms with Gasteiger partial charge in [0.1, 0.15) is 0 Å². The third kappa shape index (κ3) is 14.1. The predicted molar refractivity (Wildman–Crippen MR) is 83.4 cm³/mol. The van der Waals surface area contributed by atoms with Crippen molar-refractivity contribution in [2.75, 3.05) is 0 Å². The van der Waals surface area contributed by atoms with Gasteiger partial charge in [-0.15, -0.1) is 0 Å². The fraction of sp³-hybridized carbons (Fsp3) is 1.00. The van der Waals surface area contributed by atoms with E-state index in [4.69, 9.17) is 0 Å². The molecule has 0 unspecified atom stereocenters. The summed E-state index contributed by atoms with van der Waals surface area (Å²) in [5, 5.41) is 18.8. The van der Waals surface area contributed by atoms with E-state index in [9.17, 15) is 10.2 Å². The minimum absolute atomic E-state index is 0.0709. The van der Waals surface area contributed by atoms with Crippen LogP contribution in [0.5, 0.6) is 0 Å². The van der Waals surface area contributed by atoms with E-state index >= 15 is 0 Å². The highest BCUT2D eigenvalue weighted by molar-refractivity contribution is 4.55. The molecule has 0 spiro atoms. The number of hydrogen-bond donors (Lipinski definition) is 2. The van der Waals surface area contributed by atoms with Gasteiger partial charge in [-0.1, -0.05) is 71.6 Å². The highest BCUT2D eigenvalue weighted by atomic mass is 16.3. The first kappa shape index (κ1) is 18.9. The number of aliphatic hydroxyl groups excluding tert-OH is 2. The molecular formula is C17H36O2. The number of rotatable bonds is 14. The molecule has 0 heterocycles. The Labute approximate surface area is 120 Å². The molecule has 0 aliphatic heterocycles. The first-order valence-corrected chi connectivity index (χ1v) is 8.56. The van der Waals surface area contributed by atoms with Gasteiger partial charge >= 0.3 is 0 Å². The molecule has 0 aromatic heterocycles. The average Bonchev–Trinajstić information content (AvgIpc) is 2.43. The molecule has 0 aromatic carbocycles. The summed E-state index contributed by atoms with van der Waals surface area (Å²) in [7, 11) is 0. The van der Waals surface area contributed by atoms with Crippen LogP contribution >= 0.6 is 0 Å². The summed E-state index contributed by atoms with van der Waals surface area (Å²) in [6.07, 6.45) is 15.2. The zero-order valence-electron chi connectivity index (χ0n) is 13.2. The Balaban J connectivity index is 3.03. The number of hydrogen-bond acceptors (Lipinski definition) is 2. The summed E-state index contributed by atoms with van der Waals surface area (Å²) in [6, 6.07) is 0. The van der Waals surface area contributed by atoms with Crippen LogP contribution in [0.15, 0.2) is 0 Å².